The topological polar surface area (TPSA) is 115 Å². The van der Waals surface area contributed by atoms with Crippen molar-refractivity contribution in [3.63, 3.8) is 0 Å². The summed E-state index contributed by atoms with van der Waals surface area (Å²) in [6.07, 6.45) is 4.34. The van der Waals surface area contributed by atoms with E-state index in [0.29, 0.717) is 84.5 Å². The van der Waals surface area contributed by atoms with Crippen LogP contribution in [0.25, 0.3) is 10.9 Å². The van der Waals surface area contributed by atoms with Crippen molar-refractivity contribution in [1.29, 1.82) is 0 Å². The minimum Gasteiger partial charge on any atom is -0.508 e. The Morgan fingerprint density at radius 1 is 1.16 bits per heavy atom. The van der Waals surface area contributed by atoms with E-state index in [9.17, 15) is 23.8 Å². The number of halogens is 2. The van der Waals surface area contributed by atoms with Crippen molar-refractivity contribution >= 4 is 28.3 Å². The van der Waals surface area contributed by atoms with Gasteiger partial charge in [0, 0.05) is 49.1 Å². The minimum atomic E-state index is -0.889. The predicted molar refractivity (Wildman–Crippen MR) is 156 cm³/mol. The predicted octanol–water partition coefficient (Wildman–Crippen LogP) is 3.90. The van der Waals surface area contributed by atoms with E-state index >= 15 is 0 Å². The molecular weight excluding hydrogens is 558 g/mol. The lowest BCUT2D eigenvalue weighted by atomic mass is 9.95. The summed E-state index contributed by atoms with van der Waals surface area (Å²) in [5.74, 6) is -0.502. The number of aryl methyl sites for hydroxylation is 1. The van der Waals surface area contributed by atoms with Crippen LogP contribution in [-0.2, 0) is 13.0 Å². The SMILES string of the molecule is CCc1c(F)cnc2cc(O)cc(N3Cc4nc(OC[C@@]56CCCN5C[C@H](F)C6)nc(N5CCC[C@@H](O)CC5)c4C3=O)c12. The molecule has 3 saturated heterocycles. The highest BCUT2D eigenvalue weighted by atomic mass is 19.1. The zero-order valence-corrected chi connectivity index (χ0v) is 24.2. The molecule has 10 nitrogen and oxygen atoms in total. The second-order valence-corrected chi connectivity index (χ2v) is 12.3. The van der Waals surface area contributed by atoms with Crippen molar-refractivity contribution in [2.24, 2.45) is 0 Å². The van der Waals surface area contributed by atoms with Crippen molar-refractivity contribution in [2.75, 3.05) is 42.6 Å². The van der Waals surface area contributed by atoms with E-state index in [1.54, 1.807) is 0 Å². The number of nitrogens with zero attached hydrogens (tertiary/aromatic N) is 6. The van der Waals surface area contributed by atoms with E-state index in [2.05, 4.69) is 9.88 Å². The van der Waals surface area contributed by atoms with Crippen LogP contribution in [0.3, 0.4) is 0 Å². The van der Waals surface area contributed by atoms with Crippen LogP contribution in [0.4, 0.5) is 20.3 Å². The molecule has 0 radical (unpaired) electrons. The number of phenolic OH excluding ortho intramolecular Hbond substituents is 1. The molecule has 4 aliphatic heterocycles. The number of carbonyl (C=O) groups excluding carboxylic acids is 1. The molecule has 7 rings (SSSR count). The molecular formula is C31H36F2N6O4. The van der Waals surface area contributed by atoms with Gasteiger partial charge in [0.05, 0.1) is 41.3 Å². The molecule has 43 heavy (non-hydrogen) atoms. The average Bonchev–Trinajstić information content (AvgIpc) is 3.56. The summed E-state index contributed by atoms with van der Waals surface area (Å²) in [4.78, 5) is 33.5. The lowest BCUT2D eigenvalue weighted by Crippen LogP contribution is -2.43. The van der Waals surface area contributed by atoms with Gasteiger partial charge in [-0.05, 0) is 45.1 Å². The van der Waals surface area contributed by atoms with E-state index in [-0.39, 0.29) is 36.4 Å². The highest BCUT2D eigenvalue weighted by Crippen LogP contribution is 2.42. The Balaban J connectivity index is 1.29. The molecule has 4 aliphatic rings. The lowest BCUT2D eigenvalue weighted by molar-refractivity contribution is 0.0996. The van der Waals surface area contributed by atoms with Crippen molar-refractivity contribution in [3.8, 4) is 11.8 Å². The number of benzene rings is 1. The molecule has 228 valence electrons. The molecule has 0 saturated carbocycles. The quantitative estimate of drug-likeness (QED) is 0.439. The van der Waals surface area contributed by atoms with Gasteiger partial charge in [-0.2, -0.15) is 9.97 Å². The van der Waals surface area contributed by atoms with Crippen molar-refractivity contribution in [2.45, 2.75) is 76.2 Å². The molecule has 3 atom stereocenters. The number of aromatic nitrogens is 3. The number of aromatic hydroxyl groups is 1. The Morgan fingerprint density at radius 3 is 2.86 bits per heavy atom. The van der Waals surface area contributed by atoms with Gasteiger partial charge in [-0.15, -0.1) is 0 Å². The Kier molecular flexibility index (Phi) is 7.08. The Labute approximate surface area is 248 Å². The number of pyridine rings is 1. The van der Waals surface area contributed by atoms with Crippen LogP contribution >= 0.6 is 0 Å². The number of phenols is 1. The third-order valence-electron chi connectivity index (χ3n) is 9.57. The van der Waals surface area contributed by atoms with Gasteiger partial charge in [0.25, 0.3) is 5.91 Å². The largest absolute Gasteiger partial charge is 0.508 e. The maximum absolute atomic E-state index is 14.9. The van der Waals surface area contributed by atoms with Gasteiger partial charge in [-0.3, -0.25) is 14.7 Å². The van der Waals surface area contributed by atoms with Crippen LogP contribution in [0.1, 0.15) is 67.1 Å². The van der Waals surface area contributed by atoms with Crippen molar-refractivity contribution in [3.05, 3.63) is 41.0 Å². The smallest absolute Gasteiger partial charge is 0.318 e. The van der Waals surface area contributed by atoms with E-state index in [1.807, 2.05) is 11.8 Å². The summed E-state index contributed by atoms with van der Waals surface area (Å²) < 4.78 is 35.5. The van der Waals surface area contributed by atoms with E-state index in [0.717, 1.165) is 32.0 Å². The first-order chi connectivity index (χ1) is 20.8. The fourth-order valence-corrected chi connectivity index (χ4v) is 7.48. The molecule has 1 amide bonds. The fourth-order valence-electron chi connectivity index (χ4n) is 7.48. The number of rotatable bonds is 6. The number of hydrogen-bond acceptors (Lipinski definition) is 9. The number of aliphatic hydroxyl groups excluding tert-OH is 1. The summed E-state index contributed by atoms with van der Waals surface area (Å²) >= 11 is 0. The van der Waals surface area contributed by atoms with Gasteiger partial charge < -0.3 is 24.7 Å². The zero-order valence-electron chi connectivity index (χ0n) is 24.2. The molecule has 0 bridgehead atoms. The molecule has 1 aromatic carbocycles. The molecule has 2 N–H and O–H groups in total. The summed E-state index contributed by atoms with van der Waals surface area (Å²) in [6.45, 7) is 4.50. The first-order valence-electron chi connectivity index (χ1n) is 15.2. The van der Waals surface area contributed by atoms with E-state index in [4.69, 9.17) is 14.7 Å². The molecule has 0 spiro atoms. The highest BCUT2D eigenvalue weighted by Gasteiger charge is 2.49. The number of ether oxygens (including phenoxy) is 1. The van der Waals surface area contributed by atoms with Crippen LogP contribution < -0.4 is 14.5 Å². The summed E-state index contributed by atoms with van der Waals surface area (Å²) in [6, 6.07) is 3.04. The van der Waals surface area contributed by atoms with Crippen LogP contribution in [-0.4, -0.2) is 86.6 Å². The van der Waals surface area contributed by atoms with Crippen molar-refractivity contribution < 1.29 is 28.5 Å². The molecule has 0 unspecified atom stereocenters. The summed E-state index contributed by atoms with van der Waals surface area (Å²) in [7, 11) is 0. The second kappa shape index (κ2) is 10.8. The molecule has 3 fully saturated rings. The van der Waals surface area contributed by atoms with Gasteiger partial charge in [0.15, 0.2) is 0 Å². The first-order valence-corrected chi connectivity index (χ1v) is 15.2. The zero-order chi connectivity index (χ0) is 29.9. The Hall–Kier alpha value is -3.64. The van der Waals surface area contributed by atoms with Gasteiger partial charge >= 0.3 is 6.01 Å². The Morgan fingerprint density at radius 2 is 2.02 bits per heavy atom. The average molecular weight is 595 g/mol. The lowest BCUT2D eigenvalue weighted by Gasteiger charge is -2.31. The summed E-state index contributed by atoms with van der Waals surface area (Å²) in [5, 5.41) is 21.3. The van der Waals surface area contributed by atoms with Gasteiger partial charge in [0.1, 0.15) is 35.7 Å². The number of fused-ring (bicyclic) bond motifs is 3. The third kappa shape index (κ3) is 4.84. The maximum Gasteiger partial charge on any atom is 0.318 e. The number of carbonyl (C=O) groups is 1. The maximum atomic E-state index is 14.9. The number of aliphatic hydroxyl groups is 1. The molecule has 12 heteroatoms. The first kappa shape index (κ1) is 28.1. The van der Waals surface area contributed by atoms with Crippen LogP contribution in [0.15, 0.2) is 18.3 Å². The fraction of sp³-hybridized carbons (Fsp3) is 0.548. The third-order valence-corrected chi connectivity index (χ3v) is 9.57. The van der Waals surface area contributed by atoms with Gasteiger partial charge in [0.2, 0.25) is 0 Å². The van der Waals surface area contributed by atoms with E-state index in [1.165, 1.54) is 17.0 Å². The Bertz CT molecular complexity index is 1590. The minimum absolute atomic E-state index is 0.0680. The number of anilines is 2. The van der Waals surface area contributed by atoms with Crippen LogP contribution in [0.5, 0.6) is 11.8 Å². The van der Waals surface area contributed by atoms with Crippen LogP contribution in [0.2, 0.25) is 0 Å². The highest BCUT2D eigenvalue weighted by molar-refractivity contribution is 6.16. The van der Waals surface area contributed by atoms with Gasteiger partial charge in [-0.1, -0.05) is 6.92 Å². The standard InChI is InChI=1S/C31H36F2N6O4/c1-2-21-22(33)14-34-23-11-20(41)12-25(26(21)23)39-16-24-27(29(39)42)28(37-8-3-5-19(40)6-10-37)36-30(35-24)43-17-31-7-4-9-38(31)15-18(32)13-31/h11-12,14,18-19,40-41H,2-10,13,15-17H2,1H3/t18-,19-,31+/m1/s1. The number of hydrogen-bond donors (Lipinski definition) is 2. The molecule has 6 heterocycles. The number of alkyl halides is 1. The van der Waals surface area contributed by atoms with E-state index < -0.39 is 18.1 Å². The molecule has 0 aliphatic carbocycles. The van der Waals surface area contributed by atoms with Crippen molar-refractivity contribution in [1.82, 2.24) is 19.9 Å². The molecule has 2 aromatic heterocycles. The number of amides is 1. The monoisotopic (exact) mass is 594 g/mol. The molecule has 3 aromatic rings. The second-order valence-electron chi connectivity index (χ2n) is 12.3. The van der Waals surface area contributed by atoms with Crippen LogP contribution in [0, 0.1) is 5.82 Å². The summed E-state index contributed by atoms with van der Waals surface area (Å²) in [5.41, 5.74) is 1.55. The normalized spacial score (nSPS) is 25.8. The van der Waals surface area contributed by atoms with Gasteiger partial charge in [-0.25, -0.2) is 8.78 Å².